The van der Waals surface area contributed by atoms with Gasteiger partial charge in [-0.3, -0.25) is 4.79 Å². The van der Waals surface area contributed by atoms with Gasteiger partial charge in [-0.25, -0.2) is 5.43 Å². The fraction of sp³-hybridized carbons (Fsp3) is 0.750. The summed E-state index contributed by atoms with van der Waals surface area (Å²) >= 11 is 0. The van der Waals surface area contributed by atoms with E-state index in [0.29, 0.717) is 0 Å². The molecule has 1 amide bonds. The van der Waals surface area contributed by atoms with Gasteiger partial charge in [-0.2, -0.15) is 5.10 Å². The minimum Gasteiger partial charge on any atom is -0.274 e. The largest absolute Gasteiger partial charge is 0.274 e. The zero-order valence-corrected chi connectivity index (χ0v) is 8.43. The third kappa shape index (κ3) is 47.3. The predicted molar refractivity (Wildman–Crippen MR) is 50.7 cm³/mol. The molecule has 1 N–H and O–H groups in total. The van der Waals surface area contributed by atoms with Crippen LogP contribution in [0.3, 0.4) is 0 Å². The van der Waals surface area contributed by atoms with E-state index in [2.05, 4.69) is 10.5 Å². The highest BCUT2D eigenvalue weighted by molar-refractivity contribution is 5.73. The molecule has 0 atom stereocenters. The maximum absolute atomic E-state index is 9.98. The van der Waals surface area contributed by atoms with Crippen molar-refractivity contribution in [2.45, 2.75) is 41.5 Å². The number of carbonyl (C=O) groups excluding carboxylic acids is 1. The molecular formula is C8H20N2O. The number of carbonyl (C=O) groups is 1. The molecule has 0 heterocycles. The van der Waals surface area contributed by atoms with Crippen LogP contribution in [0, 0.1) is 0 Å². The summed E-state index contributed by atoms with van der Waals surface area (Å²) in [7, 11) is 0. The SMILES string of the molecule is C/C=N/NC(C)=O.CC.CC. The second-order valence-corrected chi connectivity index (χ2v) is 1.06. The Balaban J connectivity index is -0.000000138. The summed E-state index contributed by atoms with van der Waals surface area (Å²) in [6.07, 6.45) is 1.52. The van der Waals surface area contributed by atoms with E-state index in [1.165, 1.54) is 13.1 Å². The monoisotopic (exact) mass is 160 g/mol. The summed E-state index contributed by atoms with van der Waals surface area (Å²) in [5.74, 6) is -0.141. The van der Waals surface area contributed by atoms with Crippen LogP contribution < -0.4 is 5.43 Å². The molecule has 0 aliphatic rings. The van der Waals surface area contributed by atoms with Crippen LogP contribution in [0.4, 0.5) is 0 Å². The Labute approximate surface area is 69.9 Å². The standard InChI is InChI=1S/C4H8N2O.2C2H6/c1-3-5-6-4(2)7;2*1-2/h3H,1-2H3,(H,6,7);2*1-2H3/b5-3+;;. The molecule has 0 saturated heterocycles. The molecule has 0 rings (SSSR count). The normalized spacial score (nSPS) is 7.09. The van der Waals surface area contributed by atoms with Gasteiger partial charge in [0.15, 0.2) is 0 Å². The van der Waals surface area contributed by atoms with Gasteiger partial charge in [0.1, 0.15) is 0 Å². The number of hydrazone groups is 1. The average molecular weight is 160 g/mol. The highest BCUT2D eigenvalue weighted by Crippen LogP contribution is 1.56. The lowest BCUT2D eigenvalue weighted by molar-refractivity contribution is -0.118. The fourth-order valence-corrected chi connectivity index (χ4v) is 0.155. The van der Waals surface area contributed by atoms with Gasteiger partial charge in [0.05, 0.1) is 0 Å². The van der Waals surface area contributed by atoms with Crippen LogP contribution in [0.25, 0.3) is 0 Å². The third-order valence-corrected chi connectivity index (χ3v) is 0.351. The van der Waals surface area contributed by atoms with Gasteiger partial charge in [0.25, 0.3) is 0 Å². The van der Waals surface area contributed by atoms with Crippen molar-refractivity contribution in [1.29, 1.82) is 0 Å². The molecule has 0 saturated carbocycles. The molecule has 0 aromatic carbocycles. The summed E-state index contributed by atoms with van der Waals surface area (Å²) in [5, 5.41) is 3.45. The summed E-state index contributed by atoms with van der Waals surface area (Å²) in [5.41, 5.74) is 2.23. The van der Waals surface area contributed by atoms with E-state index in [4.69, 9.17) is 0 Å². The van der Waals surface area contributed by atoms with Crippen molar-refractivity contribution in [2.75, 3.05) is 0 Å². The number of amides is 1. The van der Waals surface area contributed by atoms with Crippen LogP contribution in [0.2, 0.25) is 0 Å². The van der Waals surface area contributed by atoms with Gasteiger partial charge >= 0.3 is 0 Å². The number of nitrogens with one attached hydrogen (secondary N) is 1. The molecule has 0 aromatic heterocycles. The first kappa shape index (κ1) is 16.6. The molecule has 0 bridgehead atoms. The van der Waals surface area contributed by atoms with E-state index in [9.17, 15) is 4.79 Å². The molecule has 0 aliphatic heterocycles. The topological polar surface area (TPSA) is 41.5 Å². The van der Waals surface area contributed by atoms with Crippen LogP contribution in [0.5, 0.6) is 0 Å². The van der Waals surface area contributed by atoms with E-state index < -0.39 is 0 Å². The molecular weight excluding hydrogens is 140 g/mol. The Morgan fingerprint density at radius 2 is 1.64 bits per heavy atom. The zero-order chi connectivity index (χ0) is 9.70. The maximum atomic E-state index is 9.98. The van der Waals surface area contributed by atoms with Crippen molar-refractivity contribution >= 4 is 12.1 Å². The number of hydrogen-bond donors (Lipinski definition) is 1. The lowest BCUT2D eigenvalue weighted by atomic mass is 10.8. The van der Waals surface area contributed by atoms with E-state index >= 15 is 0 Å². The lowest BCUT2D eigenvalue weighted by Gasteiger charge is -1.84. The van der Waals surface area contributed by atoms with Gasteiger partial charge in [0, 0.05) is 13.1 Å². The van der Waals surface area contributed by atoms with Gasteiger partial charge < -0.3 is 0 Å². The van der Waals surface area contributed by atoms with Crippen LogP contribution in [0.15, 0.2) is 5.10 Å². The Morgan fingerprint density at radius 3 is 1.73 bits per heavy atom. The summed E-state index contributed by atoms with van der Waals surface area (Å²) in [4.78, 5) is 9.98. The van der Waals surface area contributed by atoms with Crippen molar-refractivity contribution in [3.63, 3.8) is 0 Å². The molecule has 0 unspecified atom stereocenters. The molecule has 68 valence electrons. The van der Waals surface area contributed by atoms with Crippen molar-refractivity contribution in [1.82, 2.24) is 5.43 Å². The fourth-order valence-electron chi connectivity index (χ4n) is 0.155. The van der Waals surface area contributed by atoms with Crippen molar-refractivity contribution < 1.29 is 4.79 Å². The Bertz CT molecular complexity index is 90.1. The maximum Gasteiger partial charge on any atom is 0.236 e. The molecule has 0 spiro atoms. The molecule has 0 aromatic rings. The van der Waals surface area contributed by atoms with Gasteiger partial charge in [0.2, 0.25) is 5.91 Å². The molecule has 0 fully saturated rings. The highest BCUT2D eigenvalue weighted by Gasteiger charge is 1.78. The molecule has 0 radical (unpaired) electrons. The Hall–Kier alpha value is -0.860. The third-order valence-electron chi connectivity index (χ3n) is 0.351. The first-order chi connectivity index (χ1) is 5.27. The predicted octanol–water partition coefficient (Wildman–Crippen LogP) is 2.18. The number of nitrogens with zero attached hydrogens (tertiary/aromatic N) is 1. The first-order valence-corrected chi connectivity index (χ1v) is 4.01. The summed E-state index contributed by atoms with van der Waals surface area (Å²) in [6.45, 7) is 11.1. The second-order valence-electron chi connectivity index (χ2n) is 1.06. The highest BCUT2D eigenvalue weighted by atomic mass is 16.2. The molecule has 0 aliphatic carbocycles. The van der Waals surface area contributed by atoms with Crippen LogP contribution in [-0.4, -0.2) is 12.1 Å². The van der Waals surface area contributed by atoms with E-state index in [1.807, 2.05) is 27.7 Å². The van der Waals surface area contributed by atoms with Gasteiger partial charge in [-0.15, -0.1) is 0 Å². The zero-order valence-electron chi connectivity index (χ0n) is 8.43. The van der Waals surface area contributed by atoms with Crippen molar-refractivity contribution in [2.24, 2.45) is 5.10 Å². The van der Waals surface area contributed by atoms with E-state index in [0.717, 1.165) is 0 Å². The molecule has 3 heteroatoms. The second kappa shape index (κ2) is 22.9. The molecule has 11 heavy (non-hydrogen) atoms. The average Bonchev–Trinajstić information content (AvgIpc) is 2.08. The minimum atomic E-state index is -0.141. The minimum absolute atomic E-state index is 0.141. The van der Waals surface area contributed by atoms with E-state index in [-0.39, 0.29) is 5.91 Å². The van der Waals surface area contributed by atoms with Crippen LogP contribution in [0.1, 0.15) is 41.5 Å². The van der Waals surface area contributed by atoms with Crippen LogP contribution in [-0.2, 0) is 4.79 Å². The Kier molecular flexibility index (Phi) is 34.6. The van der Waals surface area contributed by atoms with Crippen molar-refractivity contribution in [3.8, 4) is 0 Å². The smallest absolute Gasteiger partial charge is 0.236 e. The summed E-state index contributed by atoms with van der Waals surface area (Å²) < 4.78 is 0. The quantitative estimate of drug-likeness (QED) is 0.463. The number of hydrogen-bond acceptors (Lipinski definition) is 2. The lowest BCUT2D eigenvalue weighted by Crippen LogP contribution is -2.11. The van der Waals surface area contributed by atoms with E-state index in [1.54, 1.807) is 6.92 Å². The summed E-state index contributed by atoms with van der Waals surface area (Å²) in [6, 6.07) is 0. The van der Waals surface area contributed by atoms with Gasteiger partial charge in [-0.1, -0.05) is 27.7 Å². The van der Waals surface area contributed by atoms with Gasteiger partial charge in [-0.05, 0) is 6.92 Å². The van der Waals surface area contributed by atoms with Crippen molar-refractivity contribution in [3.05, 3.63) is 0 Å². The van der Waals surface area contributed by atoms with Crippen LogP contribution >= 0.6 is 0 Å². The first-order valence-electron chi connectivity index (χ1n) is 4.01. The Morgan fingerprint density at radius 1 is 1.27 bits per heavy atom. The molecule has 3 nitrogen and oxygen atoms in total. The number of rotatable bonds is 1.